The lowest BCUT2D eigenvalue weighted by Crippen LogP contribution is -2.15. The van der Waals surface area contributed by atoms with E-state index in [1.54, 1.807) is 6.92 Å². The number of benzene rings is 2. The van der Waals surface area contributed by atoms with Crippen LogP contribution in [0.15, 0.2) is 51.7 Å². The Hall–Kier alpha value is -2.36. The third kappa shape index (κ3) is 2.05. The number of aromatic nitrogens is 1. The van der Waals surface area contributed by atoms with Crippen LogP contribution in [0.2, 0.25) is 0 Å². The summed E-state index contributed by atoms with van der Waals surface area (Å²) in [7, 11) is 0. The highest BCUT2D eigenvalue weighted by molar-refractivity contribution is 5.76. The first kappa shape index (κ1) is 11.7. The predicted molar refractivity (Wildman–Crippen MR) is 70.7 cm³/mol. The summed E-state index contributed by atoms with van der Waals surface area (Å²) in [6.45, 7) is 2.18. The van der Waals surface area contributed by atoms with Crippen LogP contribution in [0.25, 0.3) is 11.1 Å². The molecule has 4 heteroatoms. The highest BCUT2D eigenvalue weighted by Crippen LogP contribution is 2.20. The molecule has 0 saturated heterocycles. The summed E-state index contributed by atoms with van der Waals surface area (Å²) in [6.07, 6.45) is 0. The first-order valence-corrected chi connectivity index (χ1v) is 5.98. The first-order valence-electron chi connectivity index (χ1n) is 5.98. The highest BCUT2D eigenvalue weighted by atomic mass is 19.1. The Morgan fingerprint density at radius 2 is 1.95 bits per heavy atom. The van der Waals surface area contributed by atoms with Crippen molar-refractivity contribution < 1.29 is 8.81 Å². The van der Waals surface area contributed by atoms with Gasteiger partial charge in [-0.05, 0) is 24.1 Å². The van der Waals surface area contributed by atoms with Crippen molar-refractivity contribution in [3.63, 3.8) is 0 Å². The quantitative estimate of drug-likeness (QED) is 0.707. The van der Waals surface area contributed by atoms with E-state index in [0.29, 0.717) is 23.2 Å². The van der Waals surface area contributed by atoms with Crippen LogP contribution in [0.1, 0.15) is 11.1 Å². The predicted octanol–water partition coefficient (Wildman–Crippen LogP) is 3.09. The average Bonchev–Trinajstić information content (AvgIpc) is 2.67. The van der Waals surface area contributed by atoms with Crippen LogP contribution in [0, 0.1) is 12.7 Å². The van der Waals surface area contributed by atoms with Crippen molar-refractivity contribution in [3.05, 3.63) is 70.0 Å². The Morgan fingerprint density at radius 3 is 2.68 bits per heavy atom. The zero-order valence-corrected chi connectivity index (χ0v) is 10.4. The van der Waals surface area contributed by atoms with Gasteiger partial charge in [-0.15, -0.1) is 0 Å². The summed E-state index contributed by atoms with van der Waals surface area (Å²) in [5, 5.41) is 0. The number of oxazole rings is 1. The molecule has 0 N–H and O–H groups in total. The largest absolute Gasteiger partial charge is 0.420 e. The molecule has 0 aliphatic heterocycles. The Morgan fingerprint density at radius 1 is 1.21 bits per heavy atom. The normalized spacial score (nSPS) is 11.1. The molecule has 19 heavy (non-hydrogen) atoms. The maximum Gasteiger partial charge on any atom is 0.420 e. The maximum absolute atomic E-state index is 13.3. The van der Waals surface area contributed by atoms with Crippen molar-refractivity contribution in [3.8, 4) is 0 Å². The summed E-state index contributed by atoms with van der Waals surface area (Å²) in [5.41, 5.74) is 2.63. The fraction of sp³-hybridized carbons (Fsp3) is 0.133. The van der Waals surface area contributed by atoms with E-state index in [1.165, 1.54) is 16.7 Å². The molecule has 1 aromatic heterocycles. The van der Waals surface area contributed by atoms with E-state index < -0.39 is 11.6 Å². The van der Waals surface area contributed by atoms with Crippen molar-refractivity contribution >= 4 is 11.1 Å². The second-order valence-corrected chi connectivity index (χ2v) is 4.51. The van der Waals surface area contributed by atoms with E-state index >= 15 is 0 Å². The van der Waals surface area contributed by atoms with E-state index in [4.69, 9.17) is 4.42 Å². The summed E-state index contributed by atoms with van der Waals surface area (Å²) in [5.74, 6) is -0.863. The minimum atomic E-state index is -0.465. The third-order valence-corrected chi connectivity index (χ3v) is 3.10. The number of aryl methyl sites for hydroxylation is 1. The van der Waals surface area contributed by atoms with Gasteiger partial charge in [0, 0.05) is 6.07 Å². The molecule has 0 aliphatic rings. The molecular weight excluding hydrogens is 245 g/mol. The Bertz CT molecular complexity index is 787. The molecule has 0 amide bonds. The zero-order valence-electron chi connectivity index (χ0n) is 10.4. The standard InChI is InChI=1S/C15H12FNO2/c1-10-7-12(16)8-13-14(10)17(15(18)19-13)9-11-5-3-2-4-6-11/h2-8H,9H2,1H3. The molecule has 0 unspecified atom stereocenters. The van der Waals surface area contributed by atoms with Gasteiger partial charge in [0.2, 0.25) is 0 Å². The molecule has 0 aliphatic carbocycles. The van der Waals surface area contributed by atoms with Crippen LogP contribution < -0.4 is 5.76 Å². The smallest absolute Gasteiger partial charge is 0.408 e. The molecule has 96 valence electrons. The van der Waals surface area contributed by atoms with E-state index in [2.05, 4.69) is 0 Å². The van der Waals surface area contributed by atoms with Crippen LogP contribution in [-0.2, 0) is 6.54 Å². The fourth-order valence-corrected chi connectivity index (χ4v) is 2.28. The van der Waals surface area contributed by atoms with Crippen LogP contribution in [0.3, 0.4) is 0 Å². The number of fused-ring (bicyclic) bond motifs is 1. The first-order chi connectivity index (χ1) is 9.15. The van der Waals surface area contributed by atoms with Crippen molar-refractivity contribution in [2.45, 2.75) is 13.5 Å². The molecule has 0 spiro atoms. The van der Waals surface area contributed by atoms with Gasteiger partial charge in [-0.2, -0.15) is 0 Å². The summed E-state index contributed by atoms with van der Waals surface area (Å²) in [6, 6.07) is 12.3. The van der Waals surface area contributed by atoms with Crippen molar-refractivity contribution in [1.29, 1.82) is 0 Å². The molecule has 0 fully saturated rings. The van der Waals surface area contributed by atoms with E-state index in [-0.39, 0.29) is 0 Å². The van der Waals surface area contributed by atoms with Gasteiger partial charge in [-0.25, -0.2) is 9.18 Å². The van der Waals surface area contributed by atoms with E-state index in [0.717, 1.165) is 5.56 Å². The number of hydrogen-bond acceptors (Lipinski definition) is 2. The minimum Gasteiger partial charge on any atom is -0.408 e. The van der Waals surface area contributed by atoms with Gasteiger partial charge in [-0.3, -0.25) is 4.57 Å². The fourth-order valence-electron chi connectivity index (χ4n) is 2.28. The number of rotatable bonds is 2. The molecule has 1 heterocycles. The monoisotopic (exact) mass is 257 g/mol. The maximum atomic E-state index is 13.3. The van der Waals surface area contributed by atoms with Gasteiger partial charge >= 0.3 is 5.76 Å². The molecule has 0 bridgehead atoms. The summed E-state index contributed by atoms with van der Waals surface area (Å²) >= 11 is 0. The van der Waals surface area contributed by atoms with Crippen molar-refractivity contribution in [2.24, 2.45) is 0 Å². The number of halogens is 1. The second-order valence-electron chi connectivity index (χ2n) is 4.51. The van der Waals surface area contributed by atoms with Gasteiger partial charge in [0.05, 0.1) is 12.1 Å². The molecule has 0 atom stereocenters. The highest BCUT2D eigenvalue weighted by Gasteiger charge is 2.13. The molecule has 3 nitrogen and oxygen atoms in total. The molecule has 0 radical (unpaired) electrons. The number of nitrogens with zero attached hydrogens (tertiary/aromatic N) is 1. The average molecular weight is 257 g/mol. The Balaban J connectivity index is 2.19. The third-order valence-electron chi connectivity index (χ3n) is 3.10. The lowest BCUT2D eigenvalue weighted by atomic mass is 10.2. The minimum absolute atomic E-state index is 0.290. The molecule has 2 aromatic carbocycles. The van der Waals surface area contributed by atoms with E-state index in [9.17, 15) is 9.18 Å². The summed E-state index contributed by atoms with van der Waals surface area (Å²) in [4.78, 5) is 11.9. The lowest BCUT2D eigenvalue weighted by molar-refractivity contribution is 0.515. The topological polar surface area (TPSA) is 35.1 Å². The zero-order chi connectivity index (χ0) is 13.4. The van der Waals surface area contributed by atoms with Crippen LogP contribution in [0.5, 0.6) is 0 Å². The van der Waals surface area contributed by atoms with Crippen LogP contribution in [0.4, 0.5) is 4.39 Å². The van der Waals surface area contributed by atoms with Crippen molar-refractivity contribution in [2.75, 3.05) is 0 Å². The van der Waals surface area contributed by atoms with Gasteiger partial charge in [0.15, 0.2) is 5.58 Å². The van der Waals surface area contributed by atoms with Gasteiger partial charge in [-0.1, -0.05) is 30.3 Å². The van der Waals surface area contributed by atoms with Gasteiger partial charge < -0.3 is 4.42 Å². The van der Waals surface area contributed by atoms with Crippen LogP contribution in [-0.4, -0.2) is 4.57 Å². The van der Waals surface area contributed by atoms with Crippen LogP contribution >= 0.6 is 0 Å². The Labute approximate surface area is 108 Å². The Kier molecular flexibility index (Phi) is 2.71. The molecule has 3 aromatic rings. The van der Waals surface area contributed by atoms with Crippen molar-refractivity contribution in [1.82, 2.24) is 4.57 Å². The van der Waals surface area contributed by atoms with Gasteiger partial charge in [0.25, 0.3) is 0 Å². The SMILES string of the molecule is Cc1cc(F)cc2oc(=O)n(Cc3ccccc3)c12. The molecular formula is C15H12FNO2. The lowest BCUT2D eigenvalue weighted by Gasteiger charge is -2.04. The van der Waals surface area contributed by atoms with Gasteiger partial charge in [0.1, 0.15) is 5.82 Å². The summed E-state index contributed by atoms with van der Waals surface area (Å²) < 4.78 is 19.9. The van der Waals surface area contributed by atoms with E-state index in [1.807, 2.05) is 30.3 Å². The molecule has 3 rings (SSSR count). The second kappa shape index (κ2) is 4.39. The number of hydrogen-bond donors (Lipinski definition) is 0. The molecule has 0 saturated carbocycles.